The molecule has 0 aliphatic heterocycles. The minimum Gasteiger partial charge on any atom is -0.444 e. The van der Waals surface area contributed by atoms with Gasteiger partial charge in [0.2, 0.25) is 0 Å². The first-order valence-electron chi connectivity index (χ1n) is 4.70. The summed E-state index contributed by atoms with van der Waals surface area (Å²) in [7, 11) is 0. The maximum absolute atomic E-state index is 11.2. The van der Waals surface area contributed by atoms with Crippen LogP contribution in [0.5, 0.6) is 0 Å². The Morgan fingerprint density at radius 1 is 1.50 bits per heavy atom. The summed E-state index contributed by atoms with van der Waals surface area (Å²) in [5, 5.41) is 2.33. The van der Waals surface area contributed by atoms with Crippen LogP contribution in [0, 0.1) is 6.92 Å². The van der Waals surface area contributed by atoms with Crippen molar-refractivity contribution in [2.45, 2.75) is 12.6 Å². The molecule has 85 valence electrons. The van der Waals surface area contributed by atoms with E-state index in [9.17, 15) is 4.79 Å². The second-order valence-electron chi connectivity index (χ2n) is 3.16. The molecule has 0 aromatic heterocycles. The van der Waals surface area contributed by atoms with E-state index in [0.29, 0.717) is 0 Å². The number of alkyl carbamates (subject to hydrolysis) is 1. The minimum atomic E-state index is -0.618. The van der Waals surface area contributed by atoms with Gasteiger partial charge < -0.3 is 10.5 Å². The SMILES string of the molecule is [CH2]C(N)C(=S)NC(=O)OCc1ccccc1. The first-order valence-corrected chi connectivity index (χ1v) is 5.10. The number of nitrogens with one attached hydrogen (secondary N) is 1. The van der Waals surface area contributed by atoms with Crippen LogP contribution in [-0.2, 0) is 11.3 Å². The summed E-state index contributed by atoms with van der Waals surface area (Å²) < 4.78 is 4.93. The molecule has 0 saturated carbocycles. The summed E-state index contributed by atoms with van der Waals surface area (Å²) in [5.74, 6) is 0. The molecule has 1 atom stereocenters. The quantitative estimate of drug-likeness (QED) is 0.780. The highest BCUT2D eigenvalue weighted by molar-refractivity contribution is 7.80. The summed E-state index contributed by atoms with van der Waals surface area (Å²) in [5.41, 5.74) is 6.27. The molecule has 3 N–H and O–H groups in total. The van der Waals surface area contributed by atoms with Crippen LogP contribution in [0.3, 0.4) is 0 Å². The molecule has 1 amide bonds. The predicted octanol–water partition coefficient (Wildman–Crippen LogP) is 1.40. The molecule has 0 saturated heterocycles. The van der Waals surface area contributed by atoms with Crippen molar-refractivity contribution < 1.29 is 9.53 Å². The zero-order valence-electron chi connectivity index (χ0n) is 8.68. The minimum absolute atomic E-state index is 0.165. The van der Waals surface area contributed by atoms with Gasteiger partial charge in [-0.25, -0.2) is 4.79 Å². The van der Waals surface area contributed by atoms with Gasteiger partial charge in [-0.1, -0.05) is 42.5 Å². The number of thiocarbonyl (C=S) groups is 1. The number of ether oxygens (including phenoxy) is 1. The van der Waals surface area contributed by atoms with Crippen molar-refractivity contribution in [2.75, 3.05) is 0 Å². The van der Waals surface area contributed by atoms with E-state index in [2.05, 4.69) is 12.2 Å². The van der Waals surface area contributed by atoms with E-state index in [1.54, 1.807) is 0 Å². The Hall–Kier alpha value is -1.46. The Kier molecular flexibility index (Phi) is 4.88. The van der Waals surface area contributed by atoms with Gasteiger partial charge >= 0.3 is 6.09 Å². The molecule has 1 aromatic carbocycles. The molecule has 0 bridgehead atoms. The lowest BCUT2D eigenvalue weighted by Gasteiger charge is -2.09. The van der Waals surface area contributed by atoms with E-state index < -0.39 is 12.1 Å². The first-order chi connectivity index (χ1) is 7.59. The van der Waals surface area contributed by atoms with Gasteiger partial charge in [-0.15, -0.1) is 0 Å². The van der Waals surface area contributed by atoms with Crippen LogP contribution < -0.4 is 11.1 Å². The van der Waals surface area contributed by atoms with Gasteiger partial charge in [0.05, 0.1) is 6.04 Å². The molecule has 0 spiro atoms. The van der Waals surface area contributed by atoms with Crippen LogP contribution in [0.1, 0.15) is 5.56 Å². The summed E-state index contributed by atoms with van der Waals surface area (Å²) in [6, 6.07) is 8.73. The van der Waals surface area contributed by atoms with Gasteiger partial charge in [-0.2, -0.15) is 0 Å². The van der Waals surface area contributed by atoms with Crippen LogP contribution in [0.4, 0.5) is 4.79 Å². The van der Waals surface area contributed by atoms with E-state index in [1.807, 2.05) is 30.3 Å². The summed E-state index contributed by atoms with van der Waals surface area (Å²) in [4.78, 5) is 11.4. The average Bonchev–Trinajstić information content (AvgIpc) is 2.27. The highest BCUT2D eigenvalue weighted by atomic mass is 32.1. The number of hydrogen-bond acceptors (Lipinski definition) is 4. The number of hydrogen-bond donors (Lipinski definition) is 2. The molecule has 0 aliphatic carbocycles. The van der Waals surface area contributed by atoms with Crippen molar-refractivity contribution in [1.29, 1.82) is 0 Å². The summed E-state index contributed by atoms with van der Waals surface area (Å²) in [6.45, 7) is 3.67. The zero-order chi connectivity index (χ0) is 12.0. The highest BCUT2D eigenvalue weighted by Gasteiger charge is 2.08. The third kappa shape index (κ3) is 4.37. The Morgan fingerprint density at radius 3 is 2.69 bits per heavy atom. The van der Waals surface area contributed by atoms with E-state index in [0.717, 1.165) is 5.56 Å². The third-order valence-electron chi connectivity index (χ3n) is 1.77. The van der Waals surface area contributed by atoms with E-state index in [-0.39, 0.29) is 11.6 Å². The van der Waals surface area contributed by atoms with Crippen molar-refractivity contribution in [2.24, 2.45) is 5.73 Å². The lowest BCUT2D eigenvalue weighted by molar-refractivity contribution is 0.145. The van der Waals surface area contributed by atoms with Gasteiger partial charge in [-0.3, -0.25) is 5.32 Å². The van der Waals surface area contributed by atoms with Crippen LogP contribution in [0.25, 0.3) is 0 Å². The second-order valence-corrected chi connectivity index (χ2v) is 3.60. The number of benzene rings is 1. The zero-order valence-corrected chi connectivity index (χ0v) is 9.50. The molecule has 1 rings (SSSR count). The van der Waals surface area contributed by atoms with Crippen LogP contribution >= 0.6 is 12.2 Å². The van der Waals surface area contributed by atoms with Crippen LogP contribution in [0.15, 0.2) is 30.3 Å². The van der Waals surface area contributed by atoms with Crippen LogP contribution in [-0.4, -0.2) is 17.1 Å². The molecule has 0 aliphatic rings. The van der Waals surface area contributed by atoms with E-state index in [4.69, 9.17) is 22.7 Å². The lowest BCUT2D eigenvalue weighted by Crippen LogP contribution is -2.40. The number of rotatable bonds is 3. The van der Waals surface area contributed by atoms with Gasteiger partial charge in [0.1, 0.15) is 11.6 Å². The molecule has 5 heteroatoms. The number of nitrogens with two attached hydrogens (primary N) is 1. The Bertz CT molecular complexity index is 366. The Morgan fingerprint density at radius 2 is 2.12 bits per heavy atom. The monoisotopic (exact) mass is 237 g/mol. The van der Waals surface area contributed by atoms with Crippen molar-refractivity contribution >= 4 is 23.3 Å². The molecule has 0 heterocycles. The van der Waals surface area contributed by atoms with Crippen molar-refractivity contribution in [3.05, 3.63) is 42.8 Å². The standard InChI is InChI=1S/C11H13N2O2S/c1-8(12)10(16)13-11(14)15-7-9-5-3-2-4-6-9/h2-6,8H,1,7,12H2,(H,13,14,16). The second kappa shape index (κ2) is 6.19. The topological polar surface area (TPSA) is 64.3 Å². The number of carbonyl (C=O) groups is 1. The molecule has 0 fully saturated rings. The van der Waals surface area contributed by atoms with E-state index >= 15 is 0 Å². The predicted molar refractivity (Wildman–Crippen MR) is 65.7 cm³/mol. The van der Waals surface area contributed by atoms with E-state index in [1.165, 1.54) is 0 Å². The maximum atomic E-state index is 11.2. The molecule has 1 radical (unpaired) electrons. The van der Waals surface area contributed by atoms with Gasteiger partial charge in [0.25, 0.3) is 0 Å². The smallest absolute Gasteiger partial charge is 0.412 e. The largest absolute Gasteiger partial charge is 0.444 e. The fourth-order valence-electron chi connectivity index (χ4n) is 0.952. The van der Waals surface area contributed by atoms with Crippen molar-refractivity contribution in [3.63, 3.8) is 0 Å². The van der Waals surface area contributed by atoms with Crippen molar-refractivity contribution in [3.8, 4) is 0 Å². The normalized spacial score (nSPS) is 11.6. The van der Waals surface area contributed by atoms with Crippen LogP contribution in [0.2, 0.25) is 0 Å². The first kappa shape index (κ1) is 12.6. The summed E-state index contributed by atoms with van der Waals surface area (Å²) >= 11 is 4.79. The molecular weight excluding hydrogens is 224 g/mol. The van der Waals surface area contributed by atoms with Gasteiger partial charge in [0, 0.05) is 0 Å². The third-order valence-corrected chi connectivity index (χ3v) is 2.18. The fraction of sp³-hybridized carbons (Fsp3) is 0.182. The fourth-order valence-corrected chi connectivity index (χ4v) is 1.04. The summed E-state index contributed by atoms with van der Waals surface area (Å²) in [6.07, 6.45) is -0.618. The molecule has 1 aromatic rings. The van der Waals surface area contributed by atoms with Gasteiger partial charge in [-0.05, 0) is 12.5 Å². The average molecular weight is 237 g/mol. The molecule has 1 unspecified atom stereocenters. The molecular formula is C11H13N2O2S. The van der Waals surface area contributed by atoms with Crippen molar-refractivity contribution in [1.82, 2.24) is 5.32 Å². The van der Waals surface area contributed by atoms with Gasteiger partial charge in [0.15, 0.2) is 0 Å². The number of amides is 1. The number of carbonyl (C=O) groups excluding carboxylic acids is 1. The highest BCUT2D eigenvalue weighted by Crippen LogP contribution is 2.00. The maximum Gasteiger partial charge on any atom is 0.412 e. The molecule has 4 nitrogen and oxygen atoms in total. The molecule has 16 heavy (non-hydrogen) atoms. The lowest BCUT2D eigenvalue weighted by atomic mass is 10.2. The Labute approximate surface area is 99.8 Å². The Balaban J connectivity index is 2.34.